The van der Waals surface area contributed by atoms with Crippen molar-refractivity contribution in [1.82, 2.24) is 10.1 Å². The quantitative estimate of drug-likeness (QED) is 0.322. The van der Waals surface area contributed by atoms with Gasteiger partial charge in [0.25, 0.3) is 0 Å². The van der Waals surface area contributed by atoms with Crippen molar-refractivity contribution in [2.75, 3.05) is 0 Å². The van der Waals surface area contributed by atoms with Gasteiger partial charge in [0.1, 0.15) is 0 Å². The highest BCUT2D eigenvalue weighted by Crippen LogP contribution is 2.32. The van der Waals surface area contributed by atoms with Gasteiger partial charge in [-0.3, -0.25) is 4.98 Å². The van der Waals surface area contributed by atoms with Gasteiger partial charge < -0.3 is 4.52 Å². The van der Waals surface area contributed by atoms with Crippen molar-refractivity contribution in [1.29, 1.82) is 0 Å². The van der Waals surface area contributed by atoms with Crippen molar-refractivity contribution in [3.63, 3.8) is 0 Å². The summed E-state index contributed by atoms with van der Waals surface area (Å²) in [6.45, 7) is 11.2. The molecule has 1 unspecified atom stereocenters. The Morgan fingerprint density at radius 2 is 1.71 bits per heavy atom. The molecule has 0 radical (unpaired) electrons. The summed E-state index contributed by atoms with van der Waals surface area (Å²) in [6.07, 6.45) is 3.89. The van der Waals surface area contributed by atoms with Crippen LogP contribution >= 0.6 is 0 Å². The Labute approximate surface area is 185 Å². The molecule has 0 saturated heterocycles. The molecule has 0 bridgehead atoms. The molecule has 0 N–H and O–H groups in total. The van der Waals surface area contributed by atoms with Crippen LogP contribution in [0.25, 0.3) is 11.0 Å². The molecular formula is C28H32N2O. The third kappa shape index (κ3) is 4.71. The number of aromatic nitrogens is 2. The van der Waals surface area contributed by atoms with E-state index in [1.165, 1.54) is 16.7 Å². The third-order valence-corrected chi connectivity index (χ3v) is 6.18. The molecule has 2 heterocycles. The maximum absolute atomic E-state index is 5.54. The normalized spacial score (nSPS) is 13.1. The van der Waals surface area contributed by atoms with E-state index in [2.05, 4.69) is 82.2 Å². The smallest absolute Gasteiger partial charge is 0.167 e. The second-order valence-corrected chi connectivity index (χ2v) is 9.68. The van der Waals surface area contributed by atoms with Gasteiger partial charge in [-0.05, 0) is 53.6 Å². The van der Waals surface area contributed by atoms with Gasteiger partial charge in [-0.25, -0.2) is 0 Å². The molecule has 4 aromatic rings. The molecule has 0 amide bonds. The zero-order valence-corrected chi connectivity index (χ0v) is 19.2. The van der Waals surface area contributed by atoms with E-state index in [-0.39, 0.29) is 5.41 Å². The predicted octanol–water partition coefficient (Wildman–Crippen LogP) is 7.21. The SMILES string of the molecule is CC(C)c1cccc(CC(C)c2ccc(CC(C)(C)c3noc4ccccc34)cn2)c1. The zero-order chi connectivity index (χ0) is 22.0. The Kier molecular flexibility index (Phi) is 5.95. The Balaban J connectivity index is 1.47. The highest BCUT2D eigenvalue weighted by Gasteiger charge is 2.27. The van der Waals surface area contributed by atoms with Gasteiger partial charge in [-0.2, -0.15) is 0 Å². The number of hydrogen-bond donors (Lipinski definition) is 0. The third-order valence-electron chi connectivity index (χ3n) is 6.18. The van der Waals surface area contributed by atoms with Crippen molar-refractivity contribution >= 4 is 11.0 Å². The van der Waals surface area contributed by atoms with Crippen molar-refractivity contribution < 1.29 is 4.52 Å². The monoisotopic (exact) mass is 412 g/mol. The minimum absolute atomic E-state index is 0.140. The molecule has 2 aromatic carbocycles. The molecule has 0 aliphatic heterocycles. The van der Waals surface area contributed by atoms with Gasteiger partial charge in [-0.15, -0.1) is 0 Å². The van der Waals surface area contributed by atoms with Crippen LogP contribution in [0, 0.1) is 0 Å². The van der Waals surface area contributed by atoms with Crippen LogP contribution in [0.4, 0.5) is 0 Å². The summed E-state index contributed by atoms with van der Waals surface area (Å²) in [7, 11) is 0. The maximum Gasteiger partial charge on any atom is 0.167 e. The molecule has 0 spiro atoms. The number of pyridine rings is 1. The van der Waals surface area contributed by atoms with Crippen molar-refractivity contribution in [3.05, 3.63) is 94.9 Å². The Morgan fingerprint density at radius 1 is 0.903 bits per heavy atom. The van der Waals surface area contributed by atoms with Crippen LogP contribution in [0.1, 0.15) is 74.5 Å². The highest BCUT2D eigenvalue weighted by atomic mass is 16.5. The predicted molar refractivity (Wildman–Crippen MR) is 128 cm³/mol. The van der Waals surface area contributed by atoms with Crippen LogP contribution in [0.5, 0.6) is 0 Å². The number of rotatable bonds is 7. The maximum atomic E-state index is 5.54. The standard InChI is InChI=1S/C28H32N2O/c1-19(2)23-10-8-9-21(16-23)15-20(3)25-14-13-22(18-29-25)17-28(4,5)27-24-11-6-7-12-26(24)31-30-27/h6-14,16,18-20H,15,17H2,1-5H3. The van der Waals surface area contributed by atoms with E-state index in [1.807, 2.05) is 24.4 Å². The molecule has 0 saturated carbocycles. The summed E-state index contributed by atoms with van der Waals surface area (Å²) >= 11 is 0. The minimum Gasteiger partial charge on any atom is -0.356 e. The van der Waals surface area contributed by atoms with Crippen LogP contribution in [0.3, 0.4) is 0 Å². The first-order chi connectivity index (χ1) is 14.8. The summed E-state index contributed by atoms with van der Waals surface area (Å²) in [5.74, 6) is 0.932. The van der Waals surface area contributed by atoms with Gasteiger partial charge in [0.05, 0.1) is 5.69 Å². The second kappa shape index (κ2) is 8.66. The zero-order valence-electron chi connectivity index (χ0n) is 19.2. The average molecular weight is 413 g/mol. The molecular weight excluding hydrogens is 380 g/mol. The van der Waals surface area contributed by atoms with E-state index in [0.717, 1.165) is 35.2 Å². The van der Waals surface area contributed by atoms with E-state index in [9.17, 15) is 0 Å². The second-order valence-electron chi connectivity index (χ2n) is 9.68. The summed E-state index contributed by atoms with van der Waals surface area (Å²) in [6, 6.07) is 21.4. The largest absolute Gasteiger partial charge is 0.356 e. The number of benzene rings is 2. The van der Waals surface area contributed by atoms with Gasteiger partial charge in [0.15, 0.2) is 5.58 Å². The fourth-order valence-corrected chi connectivity index (χ4v) is 4.34. The molecule has 1 atom stereocenters. The fraction of sp³-hybridized carbons (Fsp3) is 0.357. The minimum atomic E-state index is -0.140. The van der Waals surface area contributed by atoms with Crippen LogP contribution in [0.15, 0.2) is 71.4 Å². The van der Waals surface area contributed by atoms with Crippen molar-refractivity contribution in [3.8, 4) is 0 Å². The van der Waals surface area contributed by atoms with Gasteiger partial charge in [0.2, 0.25) is 0 Å². The topological polar surface area (TPSA) is 38.9 Å². The summed E-state index contributed by atoms with van der Waals surface area (Å²) in [4.78, 5) is 4.82. The van der Waals surface area contributed by atoms with E-state index in [1.54, 1.807) is 0 Å². The van der Waals surface area contributed by atoms with Crippen LogP contribution in [0.2, 0.25) is 0 Å². The van der Waals surface area contributed by atoms with Crippen LogP contribution < -0.4 is 0 Å². The molecule has 3 heteroatoms. The Bertz CT molecular complexity index is 1160. The van der Waals surface area contributed by atoms with Crippen molar-refractivity contribution in [2.45, 2.75) is 64.7 Å². The molecule has 0 aliphatic rings. The lowest BCUT2D eigenvalue weighted by molar-refractivity contribution is 0.406. The van der Waals surface area contributed by atoms with Crippen LogP contribution in [-0.4, -0.2) is 10.1 Å². The van der Waals surface area contributed by atoms with E-state index in [0.29, 0.717) is 11.8 Å². The highest BCUT2D eigenvalue weighted by molar-refractivity contribution is 5.80. The van der Waals surface area contributed by atoms with E-state index >= 15 is 0 Å². The summed E-state index contributed by atoms with van der Waals surface area (Å²) in [5, 5.41) is 5.47. The number of para-hydroxylation sites is 1. The van der Waals surface area contributed by atoms with E-state index < -0.39 is 0 Å². The molecule has 0 aliphatic carbocycles. The van der Waals surface area contributed by atoms with Crippen LogP contribution in [-0.2, 0) is 18.3 Å². The lowest BCUT2D eigenvalue weighted by atomic mass is 9.81. The number of fused-ring (bicyclic) bond motifs is 1. The first kappa shape index (κ1) is 21.3. The number of hydrogen-bond acceptors (Lipinski definition) is 3. The molecule has 31 heavy (non-hydrogen) atoms. The summed E-state index contributed by atoms with van der Waals surface area (Å²) in [5.41, 5.74) is 6.84. The molecule has 0 fully saturated rings. The molecule has 4 rings (SSSR count). The molecule has 3 nitrogen and oxygen atoms in total. The summed E-state index contributed by atoms with van der Waals surface area (Å²) < 4.78 is 5.54. The Hall–Kier alpha value is -2.94. The van der Waals surface area contributed by atoms with Gasteiger partial charge in [0, 0.05) is 28.6 Å². The Morgan fingerprint density at radius 3 is 2.45 bits per heavy atom. The first-order valence-electron chi connectivity index (χ1n) is 11.2. The average Bonchev–Trinajstić information content (AvgIpc) is 3.19. The molecule has 2 aromatic heterocycles. The lowest BCUT2D eigenvalue weighted by Crippen LogP contribution is -2.21. The van der Waals surface area contributed by atoms with Gasteiger partial charge >= 0.3 is 0 Å². The van der Waals surface area contributed by atoms with Crippen molar-refractivity contribution in [2.24, 2.45) is 0 Å². The molecule has 160 valence electrons. The van der Waals surface area contributed by atoms with E-state index in [4.69, 9.17) is 9.51 Å². The number of nitrogens with zero attached hydrogens (tertiary/aromatic N) is 2. The first-order valence-corrected chi connectivity index (χ1v) is 11.2. The fourth-order valence-electron chi connectivity index (χ4n) is 4.34. The van der Waals surface area contributed by atoms with Gasteiger partial charge in [-0.1, -0.05) is 82.2 Å². The lowest BCUT2D eigenvalue weighted by Gasteiger charge is -2.22.